The number of esters is 3. The molecule has 0 radical (unpaired) electrons. The van der Waals surface area contributed by atoms with Gasteiger partial charge in [0.15, 0.2) is 6.10 Å². The van der Waals surface area contributed by atoms with Gasteiger partial charge in [-0.3, -0.25) is 14.4 Å². The minimum absolute atomic E-state index is 0.0789. The van der Waals surface area contributed by atoms with E-state index in [4.69, 9.17) is 14.2 Å². The van der Waals surface area contributed by atoms with Crippen LogP contribution in [-0.4, -0.2) is 37.2 Å². The summed E-state index contributed by atoms with van der Waals surface area (Å²) in [4.78, 5) is 38.5. The highest BCUT2D eigenvalue weighted by molar-refractivity contribution is 5.71. The van der Waals surface area contributed by atoms with Crippen molar-refractivity contribution in [3.8, 4) is 0 Å². The minimum Gasteiger partial charge on any atom is -0.462 e. The average molecular weight is 1100 g/mol. The molecule has 6 nitrogen and oxygen atoms in total. The molecule has 0 saturated heterocycles. The van der Waals surface area contributed by atoms with Gasteiger partial charge in [0.05, 0.1) is 0 Å². The Morgan fingerprint density at radius 3 is 0.785 bits per heavy atom. The lowest BCUT2D eigenvalue weighted by Crippen LogP contribution is -2.30. The van der Waals surface area contributed by atoms with Crippen molar-refractivity contribution in [1.29, 1.82) is 0 Å². The zero-order valence-electron chi connectivity index (χ0n) is 52.6. The highest BCUT2D eigenvalue weighted by Crippen LogP contribution is 2.18. The molecule has 0 N–H and O–H groups in total. The highest BCUT2D eigenvalue weighted by Gasteiger charge is 2.19. The number of unbranched alkanes of at least 4 members (excludes halogenated alkanes) is 40. The normalized spacial score (nSPS) is 12.5. The Balaban J connectivity index is 4.39. The second-order valence-electron chi connectivity index (χ2n) is 23.1. The first-order valence-corrected chi connectivity index (χ1v) is 34.4. The number of hydrogen-bond acceptors (Lipinski definition) is 6. The number of hydrogen-bond donors (Lipinski definition) is 0. The van der Waals surface area contributed by atoms with Crippen molar-refractivity contribution in [1.82, 2.24) is 0 Å². The molecule has 0 aromatic carbocycles. The van der Waals surface area contributed by atoms with Crippen molar-refractivity contribution in [3.63, 3.8) is 0 Å². The summed E-state index contributed by atoms with van der Waals surface area (Å²) in [6, 6.07) is 0. The molecule has 6 heteroatoms. The van der Waals surface area contributed by atoms with Gasteiger partial charge in [-0.25, -0.2) is 0 Å². The van der Waals surface area contributed by atoms with Gasteiger partial charge in [0.1, 0.15) is 13.2 Å². The lowest BCUT2D eigenvalue weighted by Gasteiger charge is -2.18. The molecular formula is C73H130O6. The van der Waals surface area contributed by atoms with E-state index in [-0.39, 0.29) is 31.1 Å². The maximum absolute atomic E-state index is 13.0. The Bertz CT molecular complexity index is 1450. The van der Waals surface area contributed by atoms with Gasteiger partial charge in [-0.05, 0) is 89.9 Å². The van der Waals surface area contributed by atoms with E-state index in [1.54, 1.807) is 0 Å². The molecule has 0 saturated carbocycles. The molecule has 458 valence electrons. The van der Waals surface area contributed by atoms with E-state index in [2.05, 4.69) is 93.7 Å². The maximum Gasteiger partial charge on any atom is 0.306 e. The molecule has 0 aromatic rings. The Morgan fingerprint density at radius 1 is 0.266 bits per heavy atom. The predicted molar refractivity (Wildman–Crippen MR) is 344 cm³/mol. The fraction of sp³-hybridized carbons (Fsp3) is 0.795. The van der Waals surface area contributed by atoms with E-state index in [1.807, 2.05) is 0 Å². The number of ether oxygens (including phenoxy) is 3. The van der Waals surface area contributed by atoms with Gasteiger partial charge in [-0.1, -0.05) is 318 Å². The molecule has 1 unspecified atom stereocenters. The average Bonchev–Trinajstić information content (AvgIpc) is 3.45. The van der Waals surface area contributed by atoms with Crippen LogP contribution >= 0.6 is 0 Å². The summed E-state index contributed by atoms with van der Waals surface area (Å²) in [6.07, 6.45) is 87.7. The molecule has 79 heavy (non-hydrogen) atoms. The van der Waals surface area contributed by atoms with E-state index in [0.29, 0.717) is 19.3 Å². The van der Waals surface area contributed by atoms with Gasteiger partial charge in [0, 0.05) is 19.3 Å². The number of carbonyl (C=O) groups excluding carboxylic acids is 3. The third-order valence-electron chi connectivity index (χ3n) is 15.2. The maximum atomic E-state index is 13.0. The zero-order chi connectivity index (χ0) is 57.1. The van der Waals surface area contributed by atoms with E-state index in [1.165, 1.54) is 205 Å². The molecular weight excluding hydrogens is 973 g/mol. The second-order valence-corrected chi connectivity index (χ2v) is 23.1. The van der Waals surface area contributed by atoms with Crippen LogP contribution in [0.25, 0.3) is 0 Å². The molecule has 0 rings (SSSR count). The Hall–Kier alpha value is -3.15. The smallest absolute Gasteiger partial charge is 0.306 e. The quantitative estimate of drug-likeness (QED) is 0.0261. The van der Waals surface area contributed by atoms with Gasteiger partial charge in [-0.15, -0.1) is 0 Å². The van der Waals surface area contributed by atoms with Crippen molar-refractivity contribution in [2.75, 3.05) is 13.2 Å². The molecule has 0 aliphatic carbocycles. The summed E-state index contributed by atoms with van der Waals surface area (Å²) in [6.45, 7) is 6.57. The number of carbonyl (C=O) groups is 3. The number of rotatable bonds is 63. The zero-order valence-corrected chi connectivity index (χ0v) is 52.6. The van der Waals surface area contributed by atoms with E-state index < -0.39 is 6.10 Å². The summed E-state index contributed by atoms with van der Waals surface area (Å²) in [5.74, 6) is -0.879. The first-order chi connectivity index (χ1) is 39.0. The summed E-state index contributed by atoms with van der Waals surface area (Å²) >= 11 is 0. The van der Waals surface area contributed by atoms with Crippen LogP contribution in [0, 0.1) is 0 Å². The summed E-state index contributed by atoms with van der Waals surface area (Å²) < 4.78 is 17.0. The highest BCUT2D eigenvalue weighted by atomic mass is 16.6. The molecule has 0 amide bonds. The van der Waals surface area contributed by atoms with Crippen molar-refractivity contribution in [3.05, 3.63) is 72.9 Å². The van der Waals surface area contributed by atoms with Crippen molar-refractivity contribution in [2.24, 2.45) is 0 Å². The van der Waals surface area contributed by atoms with Crippen LogP contribution < -0.4 is 0 Å². The van der Waals surface area contributed by atoms with Crippen LogP contribution in [0.4, 0.5) is 0 Å². The van der Waals surface area contributed by atoms with Gasteiger partial charge in [0.25, 0.3) is 0 Å². The van der Waals surface area contributed by atoms with E-state index >= 15 is 0 Å². The molecule has 0 aliphatic rings. The lowest BCUT2D eigenvalue weighted by atomic mass is 10.0. The Kier molecular flexibility index (Phi) is 64.7. The second kappa shape index (κ2) is 67.4. The monoisotopic (exact) mass is 1100 g/mol. The topological polar surface area (TPSA) is 78.9 Å². The van der Waals surface area contributed by atoms with Gasteiger partial charge in [0.2, 0.25) is 0 Å². The first kappa shape index (κ1) is 75.8. The van der Waals surface area contributed by atoms with Crippen LogP contribution in [-0.2, 0) is 28.6 Å². The molecule has 0 aromatic heterocycles. The fourth-order valence-electron chi connectivity index (χ4n) is 10.1. The van der Waals surface area contributed by atoms with Crippen LogP contribution in [0.5, 0.6) is 0 Å². The first-order valence-electron chi connectivity index (χ1n) is 34.4. The SMILES string of the molecule is CC/C=C\C/C=C\C/C=C\C/C=C\C/C=C\CCCCCCCC(=O)OCC(COC(=O)CCCCCCCCCCCCCCCCCCCCC)OC(=O)CCCCCCCCCCC/C=C\CCCCCCCCCC. The largest absolute Gasteiger partial charge is 0.462 e. The summed E-state index contributed by atoms with van der Waals surface area (Å²) in [7, 11) is 0. The van der Waals surface area contributed by atoms with Gasteiger partial charge >= 0.3 is 17.9 Å². The predicted octanol–water partition coefficient (Wildman–Crippen LogP) is 23.7. The van der Waals surface area contributed by atoms with Crippen molar-refractivity contribution >= 4 is 17.9 Å². The third-order valence-corrected chi connectivity index (χ3v) is 15.2. The molecule has 0 fully saturated rings. The van der Waals surface area contributed by atoms with E-state index in [9.17, 15) is 14.4 Å². The molecule has 1 atom stereocenters. The van der Waals surface area contributed by atoms with E-state index in [0.717, 1.165) is 109 Å². The third kappa shape index (κ3) is 65.5. The van der Waals surface area contributed by atoms with Crippen LogP contribution in [0.2, 0.25) is 0 Å². The van der Waals surface area contributed by atoms with Gasteiger partial charge < -0.3 is 14.2 Å². The number of allylic oxidation sites excluding steroid dienone is 12. The minimum atomic E-state index is -0.785. The molecule has 0 aliphatic heterocycles. The Morgan fingerprint density at radius 2 is 0.494 bits per heavy atom. The van der Waals surface area contributed by atoms with Crippen LogP contribution in [0.15, 0.2) is 72.9 Å². The summed E-state index contributed by atoms with van der Waals surface area (Å²) in [5, 5.41) is 0. The molecule has 0 spiro atoms. The van der Waals surface area contributed by atoms with Crippen LogP contribution in [0.3, 0.4) is 0 Å². The van der Waals surface area contributed by atoms with Crippen molar-refractivity contribution < 1.29 is 28.6 Å². The van der Waals surface area contributed by atoms with Gasteiger partial charge in [-0.2, -0.15) is 0 Å². The van der Waals surface area contributed by atoms with Crippen molar-refractivity contribution in [2.45, 2.75) is 361 Å². The molecule has 0 bridgehead atoms. The standard InChI is InChI=1S/C73H130O6/c1-4-7-10-13-16-19-22-25-28-31-34-36-39-42-45-48-51-54-57-60-63-66-72(75)78-69-70(68-77-71(74)65-62-59-56-53-50-47-44-41-38-33-30-27-24-21-18-15-12-9-6-3)79-73(76)67-64-61-58-55-52-49-46-43-40-37-35-32-29-26-23-20-17-14-11-8-5-2/h7,10,16,19,25,28,32,34-36,42,45,70H,4-6,8-9,11-15,17-18,20-24,26-27,29-31,33,37-41,43-44,46-69H2,1-3H3/b10-7-,19-16-,28-25-,35-32-,36-34-,45-42-. The summed E-state index contributed by atoms with van der Waals surface area (Å²) in [5.41, 5.74) is 0. The molecule has 0 heterocycles. The lowest BCUT2D eigenvalue weighted by molar-refractivity contribution is -0.167. The Labute approximate surface area is 491 Å². The fourth-order valence-corrected chi connectivity index (χ4v) is 10.1. The van der Waals surface area contributed by atoms with Crippen LogP contribution in [0.1, 0.15) is 355 Å².